The number of para-hydroxylation sites is 1. The van der Waals surface area contributed by atoms with Gasteiger partial charge in [-0.1, -0.05) is 12.1 Å². The van der Waals surface area contributed by atoms with Crippen LogP contribution in [-0.4, -0.2) is 55.9 Å². The zero-order valence-electron chi connectivity index (χ0n) is 12.1. The maximum atomic E-state index is 10.9. The van der Waals surface area contributed by atoms with Gasteiger partial charge in [0.05, 0.1) is 23.6 Å². The third-order valence-corrected chi connectivity index (χ3v) is 3.97. The molecule has 21 heavy (non-hydrogen) atoms. The summed E-state index contributed by atoms with van der Waals surface area (Å²) in [5.74, 6) is 0. The van der Waals surface area contributed by atoms with Crippen LogP contribution in [0.3, 0.4) is 0 Å². The molecule has 0 aromatic heterocycles. The highest BCUT2D eigenvalue weighted by molar-refractivity contribution is 5.60. The van der Waals surface area contributed by atoms with E-state index in [1.165, 1.54) is 15.9 Å². The molecule has 1 aliphatic rings. The van der Waals surface area contributed by atoms with Crippen molar-refractivity contribution in [3.05, 3.63) is 46.0 Å². The zero-order chi connectivity index (χ0) is 15.1. The number of aliphatic hydroxyl groups is 1. The van der Waals surface area contributed by atoms with Crippen LogP contribution in [0.25, 0.3) is 6.08 Å². The Labute approximate surface area is 124 Å². The first-order valence-electron chi connectivity index (χ1n) is 7.38. The summed E-state index contributed by atoms with van der Waals surface area (Å²) in [7, 11) is 0. The molecule has 6 nitrogen and oxygen atoms in total. The predicted molar refractivity (Wildman–Crippen MR) is 80.3 cm³/mol. The summed E-state index contributed by atoms with van der Waals surface area (Å²) in [6.07, 6.45) is 3.87. The molecule has 0 radical (unpaired) electrons. The Morgan fingerprint density at radius 1 is 1.19 bits per heavy atom. The summed E-state index contributed by atoms with van der Waals surface area (Å²) in [6, 6.07) is 6.80. The highest BCUT2D eigenvalue weighted by Crippen LogP contribution is 2.18. The van der Waals surface area contributed by atoms with Crippen LogP contribution in [0.2, 0.25) is 0 Å². The molecular weight excluding hydrogens is 270 g/mol. The van der Waals surface area contributed by atoms with Gasteiger partial charge in [-0.15, -0.1) is 0 Å². The number of rotatable bonds is 6. The molecule has 0 atom stereocenters. The second-order valence-electron chi connectivity index (χ2n) is 5.40. The van der Waals surface area contributed by atoms with Crippen LogP contribution < -0.4 is 9.80 Å². The summed E-state index contributed by atoms with van der Waals surface area (Å²) in [5, 5.41) is 19.9. The van der Waals surface area contributed by atoms with Crippen molar-refractivity contribution in [2.75, 3.05) is 45.9 Å². The Hall–Kier alpha value is -1.76. The third-order valence-electron chi connectivity index (χ3n) is 3.97. The largest absolute Gasteiger partial charge is 0.391 e. The van der Waals surface area contributed by atoms with Crippen LogP contribution in [0.4, 0.5) is 5.69 Å². The first-order valence-corrected chi connectivity index (χ1v) is 7.38. The molecule has 0 amide bonds. The summed E-state index contributed by atoms with van der Waals surface area (Å²) >= 11 is 0. The number of quaternary nitrogens is 2. The van der Waals surface area contributed by atoms with Crippen LogP contribution >= 0.6 is 0 Å². The number of piperazine rings is 1. The molecule has 0 spiro atoms. The molecule has 1 saturated heterocycles. The predicted octanol–water partition coefficient (Wildman–Crippen LogP) is -1.62. The maximum Gasteiger partial charge on any atom is 0.276 e. The molecule has 0 aliphatic carbocycles. The molecule has 1 heterocycles. The van der Waals surface area contributed by atoms with Crippen molar-refractivity contribution < 1.29 is 19.8 Å². The number of nitrogens with zero attached hydrogens (tertiary/aromatic N) is 1. The fourth-order valence-corrected chi connectivity index (χ4v) is 2.72. The molecule has 6 heteroatoms. The number of aliphatic hydroxyl groups excluding tert-OH is 1. The van der Waals surface area contributed by atoms with Crippen molar-refractivity contribution in [1.82, 2.24) is 0 Å². The van der Waals surface area contributed by atoms with Crippen molar-refractivity contribution in [2.45, 2.75) is 0 Å². The van der Waals surface area contributed by atoms with Gasteiger partial charge in [-0.05, 0) is 18.2 Å². The minimum atomic E-state index is -0.344. The van der Waals surface area contributed by atoms with Gasteiger partial charge in [0.1, 0.15) is 32.7 Å². The molecule has 1 fully saturated rings. The lowest BCUT2D eigenvalue weighted by Gasteiger charge is -2.28. The van der Waals surface area contributed by atoms with Crippen LogP contribution in [0, 0.1) is 10.1 Å². The maximum absolute atomic E-state index is 10.9. The number of hydrogen-bond acceptors (Lipinski definition) is 3. The van der Waals surface area contributed by atoms with Crippen molar-refractivity contribution >= 4 is 11.8 Å². The highest BCUT2D eigenvalue weighted by Gasteiger charge is 2.21. The summed E-state index contributed by atoms with van der Waals surface area (Å²) in [6.45, 7) is 6.29. The zero-order valence-corrected chi connectivity index (χ0v) is 12.1. The van der Waals surface area contributed by atoms with E-state index < -0.39 is 0 Å². The number of hydrogen-bond donors (Lipinski definition) is 3. The van der Waals surface area contributed by atoms with E-state index in [1.54, 1.807) is 12.1 Å². The number of nitrogens with one attached hydrogen (secondary N) is 2. The first kappa shape index (κ1) is 15.6. The lowest BCUT2D eigenvalue weighted by molar-refractivity contribution is -1.01. The molecule has 0 saturated carbocycles. The van der Waals surface area contributed by atoms with E-state index in [1.807, 2.05) is 18.2 Å². The van der Waals surface area contributed by atoms with E-state index >= 15 is 0 Å². The quantitative estimate of drug-likeness (QED) is 0.436. The third kappa shape index (κ3) is 4.63. The van der Waals surface area contributed by atoms with Gasteiger partial charge < -0.3 is 14.9 Å². The second kappa shape index (κ2) is 7.87. The fraction of sp³-hybridized carbons (Fsp3) is 0.467. The Balaban J connectivity index is 1.85. The van der Waals surface area contributed by atoms with E-state index in [9.17, 15) is 10.1 Å². The van der Waals surface area contributed by atoms with Crippen molar-refractivity contribution in [1.29, 1.82) is 0 Å². The van der Waals surface area contributed by atoms with Crippen LogP contribution in [0.15, 0.2) is 30.3 Å². The van der Waals surface area contributed by atoms with Gasteiger partial charge in [-0.25, -0.2) is 0 Å². The summed E-state index contributed by atoms with van der Waals surface area (Å²) in [4.78, 5) is 13.5. The number of nitro benzene ring substituents is 1. The molecule has 1 aromatic rings. The molecule has 0 bridgehead atoms. The van der Waals surface area contributed by atoms with E-state index in [4.69, 9.17) is 5.11 Å². The monoisotopic (exact) mass is 293 g/mol. The van der Waals surface area contributed by atoms with Crippen LogP contribution in [0.5, 0.6) is 0 Å². The lowest BCUT2D eigenvalue weighted by atomic mass is 10.1. The number of nitro groups is 1. The number of benzene rings is 1. The lowest BCUT2D eigenvalue weighted by Crippen LogP contribution is -3.28. The SMILES string of the molecule is O=[N+]([O-])c1ccccc1/C=C/C[NH+]1CC[NH+](CCO)CC1. The summed E-state index contributed by atoms with van der Waals surface area (Å²) in [5.41, 5.74) is 0.812. The minimum absolute atomic E-state index is 0.154. The van der Waals surface area contributed by atoms with Gasteiger partial charge >= 0.3 is 0 Å². The molecule has 1 aromatic carbocycles. The fourth-order valence-electron chi connectivity index (χ4n) is 2.72. The van der Waals surface area contributed by atoms with Gasteiger partial charge in [0, 0.05) is 6.07 Å². The van der Waals surface area contributed by atoms with E-state index in [-0.39, 0.29) is 17.2 Å². The average Bonchev–Trinajstić information content (AvgIpc) is 2.50. The molecule has 1 aliphatic heterocycles. The van der Waals surface area contributed by atoms with Crippen LogP contribution in [0.1, 0.15) is 5.56 Å². The Morgan fingerprint density at radius 2 is 1.86 bits per heavy atom. The van der Waals surface area contributed by atoms with E-state index in [2.05, 4.69) is 0 Å². The highest BCUT2D eigenvalue weighted by atomic mass is 16.6. The van der Waals surface area contributed by atoms with Gasteiger partial charge in [-0.2, -0.15) is 0 Å². The van der Waals surface area contributed by atoms with Gasteiger partial charge in [0.15, 0.2) is 0 Å². The molecule has 0 unspecified atom stereocenters. The minimum Gasteiger partial charge on any atom is -0.391 e. The van der Waals surface area contributed by atoms with Gasteiger partial charge in [-0.3, -0.25) is 10.1 Å². The summed E-state index contributed by atoms with van der Waals surface area (Å²) < 4.78 is 0. The first-order chi connectivity index (χ1) is 10.2. The second-order valence-corrected chi connectivity index (χ2v) is 5.40. The molecular formula is C15H23N3O3+2. The topological polar surface area (TPSA) is 72.2 Å². The van der Waals surface area contributed by atoms with E-state index in [0.717, 1.165) is 39.3 Å². The van der Waals surface area contributed by atoms with Gasteiger partial charge in [0.25, 0.3) is 5.69 Å². The molecule has 114 valence electrons. The average molecular weight is 293 g/mol. The molecule has 2 rings (SSSR count). The van der Waals surface area contributed by atoms with Crippen molar-refractivity contribution in [2.24, 2.45) is 0 Å². The Morgan fingerprint density at radius 3 is 2.52 bits per heavy atom. The normalized spacial score (nSPS) is 22.5. The van der Waals surface area contributed by atoms with Crippen molar-refractivity contribution in [3.8, 4) is 0 Å². The van der Waals surface area contributed by atoms with Crippen LogP contribution in [-0.2, 0) is 0 Å². The molecule has 3 N–H and O–H groups in total. The van der Waals surface area contributed by atoms with E-state index in [0.29, 0.717) is 5.56 Å². The van der Waals surface area contributed by atoms with Gasteiger partial charge in [0.2, 0.25) is 0 Å². The standard InChI is InChI=1S/C15H21N3O3/c19-13-12-17-10-8-16(9-11-17)7-3-5-14-4-1-2-6-15(14)18(20)21/h1-6,19H,7-13H2/p+2/b5-3+. The van der Waals surface area contributed by atoms with Crippen molar-refractivity contribution in [3.63, 3.8) is 0 Å². The smallest absolute Gasteiger partial charge is 0.276 e. The Bertz CT molecular complexity index is 497. The Kier molecular flexibility index (Phi) is 5.86.